The highest BCUT2D eigenvalue weighted by molar-refractivity contribution is 7.89. The van der Waals surface area contributed by atoms with Crippen LogP contribution in [0, 0.1) is 6.92 Å². The molecule has 0 spiro atoms. The Labute approximate surface area is 183 Å². The van der Waals surface area contributed by atoms with Gasteiger partial charge in [0.05, 0.1) is 24.7 Å². The lowest BCUT2D eigenvalue weighted by Gasteiger charge is -2.23. The Morgan fingerprint density at radius 3 is 2.16 bits per heavy atom. The molecule has 2 atom stereocenters. The number of nitrogens with one attached hydrogen (secondary N) is 1. The minimum absolute atomic E-state index is 0.0266. The summed E-state index contributed by atoms with van der Waals surface area (Å²) in [5.41, 5.74) is 1.16. The second-order valence-electron chi connectivity index (χ2n) is 6.68. The fourth-order valence-electron chi connectivity index (χ4n) is 2.87. The number of aliphatic hydroxyl groups excluding tert-OH is 1. The molecule has 2 aromatic carbocycles. The summed E-state index contributed by atoms with van der Waals surface area (Å²) in [7, 11) is -4.10. The zero-order valence-corrected chi connectivity index (χ0v) is 18.9. The van der Waals surface area contributed by atoms with E-state index in [1.807, 2.05) is 13.8 Å². The number of hydrogen-bond acceptors (Lipinski definition) is 7. The predicted octanol–water partition coefficient (Wildman–Crippen LogP) is 2.74. The molecular formula is C22H29NO7S. The van der Waals surface area contributed by atoms with Crippen molar-refractivity contribution in [2.24, 2.45) is 0 Å². The van der Waals surface area contributed by atoms with Crippen LogP contribution < -0.4 is 14.2 Å². The number of hydrogen-bond donors (Lipinski definition) is 2. The van der Waals surface area contributed by atoms with Gasteiger partial charge in [-0.15, -0.1) is 0 Å². The van der Waals surface area contributed by atoms with Crippen LogP contribution in [-0.4, -0.2) is 45.4 Å². The van der Waals surface area contributed by atoms with Gasteiger partial charge in [0.15, 0.2) is 11.5 Å². The molecule has 0 radical (unpaired) electrons. The van der Waals surface area contributed by atoms with E-state index in [-0.39, 0.29) is 17.1 Å². The molecule has 2 rings (SSSR count). The zero-order chi connectivity index (χ0) is 23.0. The first kappa shape index (κ1) is 24.6. The predicted molar refractivity (Wildman–Crippen MR) is 116 cm³/mol. The number of esters is 1. The molecule has 2 N–H and O–H groups in total. The van der Waals surface area contributed by atoms with E-state index in [1.165, 1.54) is 18.2 Å². The van der Waals surface area contributed by atoms with Gasteiger partial charge in [0.1, 0.15) is 12.1 Å². The Morgan fingerprint density at radius 1 is 0.968 bits per heavy atom. The highest BCUT2D eigenvalue weighted by Gasteiger charge is 2.34. The van der Waals surface area contributed by atoms with E-state index in [0.29, 0.717) is 24.7 Å². The summed E-state index contributed by atoms with van der Waals surface area (Å²) in [6.45, 7) is 7.87. The first-order valence-corrected chi connectivity index (χ1v) is 11.5. The lowest BCUT2D eigenvalue weighted by Crippen LogP contribution is -2.45. The normalized spacial score (nSPS) is 13.3. The van der Waals surface area contributed by atoms with Crippen LogP contribution in [0.3, 0.4) is 0 Å². The first-order chi connectivity index (χ1) is 14.7. The quantitative estimate of drug-likeness (QED) is 0.505. The fourth-order valence-corrected chi connectivity index (χ4v) is 4.06. The van der Waals surface area contributed by atoms with Crippen molar-refractivity contribution in [2.45, 2.75) is 44.7 Å². The van der Waals surface area contributed by atoms with E-state index in [0.717, 1.165) is 5.56 Å². The summed E-state index contributed by atoms with van der Waals surface area (Å²) in [4.78, 5) is 12.5. The Morgan fingerprint density at radius 2 is 1.58 bits per heavy atom. The van der Waals surface area contributed by atoms with Gasteiger partial charge in [0.2, 0.25) is 10.0 Å². The Kier molecular flexibility index (Phi) is 8.85. The Bertz CT molecular complexity index is 974. The highest BCUT2D eigenvalue weighted by Crippen LogP contribution is 2.32. The number of carbonyl (C=O) groups excluding carboxylic acids is 1. The van der Waals surface area contributed by atoms with Gasteiger partial charge >= 0.3 is 5.97 Å². The average molecular weight is 452 g/mol. The van der Waals surface area contributed by atoms with Crippen molar-refractivity contribution in [3.8, 4) is 11.5 Å². The summed E-state index contributed by atoms with van der Waals surface area (Å²) in [6.07, 6.45) is -1.52. The van der Waals surface area contributed by atoms with Crippen LogP contribution in [0.25, 0.3) is 0 Å². The topological polar surface area (TPSA) is 111 Å². The molecule has 31 heavy (non-hydrogen) atoms. The zero-order valence-electron chi connectivity index (χ0n) is 18.1. The third-order valence-corrected chi connectivity index (χ3v) is 5.84. The molecule has 0 aliphatic heterocycles. The lowest BCUT2D eigenvalue weighted by atomic mass is 10.0. The molecule has 170 valence electrons. The van der Waals surface area contributed by atoms with Crippen molar-refractivity contribution in [1.29, 1.82) is 0 Å². The third kappa shape index (κ3) is 6.43. The molecule has 0 bridgehead atoms. The molecule has 0 aliphatic rings. The van der Waals surface area contributed by atoms with E-state index >= 15 is 0 Å². The van der Waals surface area contributed by atoms with Crippen LogP contribution >= 0.6 is 0 Å². The molecule has 0 fully saturated rings. The van der Waals surface area contributed by atoms with Gasteiger partial charge in [-0.05, 0) is 57.5 Å². The van der Waals surface area contributed by atoms with Gasteiger partial charge in [-0.1, -0.05) is 23.8 Å². The number of rotatable bonds is 11. The number of aliphatic hydroxyl groups is 1. The van der Waals surface area contributed by atoms with Crippen molar-refractivity contribution in [3.63, 3.8) is 0 Å². The molecule has 0 saturated carbocycles. The maximum atomic E-state index is 12.8. The van der Waals surface area contributed by atoms with Gasteiger partial charge < -0.3 is 19.3 Å². The van der Waals surface area contributed by atoms with Crippen molar-refractivity contribution < 1.29 is 32.5 Å². The van der Waals surface area contributed by atoms with Crippen molar-refractivity contribution in [2.75, 3.05) is 19.8 Å². The van der Waals surface area contributed by atoms with Crippen LogP contribution in [0.4, 0.5) is 0 Å². The minimum Gasteiger partial charge on any atom is -0.490 e. The van der Waals surface area contributed by atoms with E-state index in [4.69, 9.17) is 14.2 Å². The van der Waals surface area contributed by atoms with Gasteiger partial charge in [-0.3, -0.25) is 4.79 Å². The monoisotopic (exact) mass is 451 g/mol. The highest BCUT2D eigenvalue weighted by atomic mass is 32.2. The number of ether oxygens (including phenoxy) is 3. The second-order valence-corrected chi connectivity index (χ2v) is 8.40. The van der Waals surface area contributed by atoms with Crippen molar-refractivity contribution in [3.05, 3.63) is 53.6 Å². The van der Waals surface area contributed by atoms with Crippen LogP contribution in [0.15, 0.2) is 47.4 Å². The third-order valence-electron chi connectivity index (χ3n) is 4.38. The van der Waals surface area contributed by atoms with E-state index < -0.39 is 28.1 Å². The van der Waals surface area contributed by atoms with E-state index in [1.54, 1.807) is 38.1 Å². The number of aryl methyl sites for hydroxylation is 1. The minimum atomic E-state index is -4.10. The van der Waals surface area contributed by atoms with Crippen molar-refractivity contribution >= 4 is 16.0 Å². The number of sulfonamides is 1. The molecule has 0 amide bonds. The molecule has 0 aromatic heterocycles. The summed E-state index contributed by atoms with van der Waals surface area (Å²) < 4.78 is 44.0. The Balaban J connectivity index is 2.40. The average Bonchev–Trinajstić information content (AvgIpc) is 2.73. The van der Waals surface area contributed by atoms with Crippen LogP contribution in [-0.2, 0) is 19.6 Å². The summed E-state index contributed by atoms with van der Waals surface area (Å²) in [6, 6.07) is 9.25. The molecule has 9 heteroatoms. The van der Waals surface area contributed by atoms with Crippen LogP contribution in [0.1, 0.15) is 38.0 Å². The second kappa shape index (κ2) is 11.1. The van der Waals surface area contributed by atoms with Gasteiger partial charge in [0.25, 0.3) is 0 Å². The van der Waals surface area contributed by atoms with Gasteiger partial charge in [0, 0.05) is 0 Å². The van der Waals surface area contributed by atoms with Crippen molar-refractivity contribution in [1.82, 2.24) is 4.72 Å². The standard InChI is InChI=1S/C22H29NO7S/c1-5-28-18-13-10-16(14-19(18)29-6-2)21(24)20(22(25)30-7-3)23-31(26,27)17-11-8-15(4)9-12-17/h8-14,20-21,23-24H,5-7H2,1-4H3. The van der Waals surface area contributed by atoms with Crippen LogP contribution in [0.5, 0.6) is 11.5 Å². The summed E-state index contributed by atoms with van der Waals surface area (Å²) in [5.74, 6) is -0.0318. The Hall–Kier alpha value is -2.62. The number of benzene rings is 2. The molecule has 2 aromatic rings. The van der Waals surface area contributed by atoms with Gasteiger partial charge in [-0.2, -0.15) is 4.72 Å². The summed E-state index contributed by atoms with van der Waals surface area (Å²) in [5, 5.41) is 10.9. The molecule has 8 nitrogen and oxygen atoms in total. The molecule has 0 aliphatic carbocycles. The molecule has 0 heterocycles. The molecule has 2 unspecified atom stereocenters. The van der Waals surface area contributed by atoms with Gasteiger partial charge in [-0.25, -0.2) is 8.42 Å². The molecular weight excluding hydrogens is 422 g/mol. The maximum Gasteiger partial charge on any atom is 0.327 e. The fraction of sp³-hybridized carbons (Fsp3) is 0.409. The van der Waals surface area contributed by atoms with E-state index in [9.17, 15) is 18.3 Å². The lowest BCUT2D eigenvalue weighted by molar-refractivity contribution is -0.148. The first-order valence-electron chi connectivity index (χ1n) is 10.1. The smallest absolute Gasteiger partial charge is 0.327 e. The van der Waals surface area contributed by atoms with Crippen LogP contribution in [0.2, 0.25) is 0 Å². The maximum absolute atomic E-state index is 12.8. The number of carbonyl (C=O) groups is 1. The SMILES string of the molecule is CCOC(=O)C(NS(=O)(=O)c1ccc(C)cc1)C(O)c1ccc(OCC)c(OCC)c1. The van der Waals surface area contributed by atoms with E-state index in [2.05, 4.69) is 4.72 Å². The molecule has 0 saturated heterocycles. The largest absolute Gasteiger partial charge is 0.490 e. The summed E-state index contributed by atoms with van der Waals surface area (Å²) >= 11 is 0.